The summed E-state index contributed by atoms with van der Waals surface area (Å²) in [6.45, 7) is 2.29. The van der Waals surface area contributed by atoms with Crippen LogP contribution in [0.5, 0.6) is 5.75 Å². The molecule has 180 valence electrons. The summed E-state index contributed by atoms with van der Waals surface area (Å²) in [4.78, 5) is 20.8. The first-order valence-electron chi connectivity index (χ1n) is 10.8. The highest BCUT2D eigenvalue weighted by atomic mass is 35.5. The summed E-state index contributed by atoms with van der Waals surface area (Å²) in [7, 11) is -3.87. The molecule has 0 aliphatic carbocycles. The second-order valence-electron chi connectivity index (χ2n) is 7.78. The highest BCUT2D eigenvalue weighted by Crippen LogP contribution is 2.22. The maximum absolute atomic E-state index is 12.7. The number of nitrogens with zero attached hydrogens (tertiary/aromatic N) is 2. The number of carbonyl (C=O) groups is 1. The Hall–Kier alpha value is -3.69. The molecule has 0 bridgehead atoms. The fourth-order valence-electron chi connectivity index (χ4n) is 3.33. The van der Waals surface area contributed by atoms with Crippen LogP contribution in [0.4, 0.5) is 11.5 Å². The van der Waals surface area contributed by atoms with E-state index in [0.29, 0.717) is 34.8 Å². The third-order valence-corrected chi connectivity index (χ3v) is 6.68. The highest BCUT2D eigenvalue weighted by molar-refractivity contribution is 7.92. The zero-order valence-corrected chi connectivity index (χ0v) is 20.4. The Bertz CT molecular complexity index is 1460. The number of rotatable bonds is 9. The standard InChI is InChI=1S/C25H23ClN4O4S/c1-17-15-18(26)8-13-23(17)34-14-4-7-25(31)28-19-9-11-20(12-10-19)35(32,33)30-24-16-27-21-5-2-3-6-22(21)29-24/h2-3,5-6,8-13,15-16H,4,7,14H2,1H3,(H,28,31)(H,29,30). The predicted molar refractivity (Wildman–Crippen MR) is 136 cm³/mol. The Morgan fingerprint density at radius 1 is 1.03 bits per heavy atom. The Morgan fingerprint density at radius 3 is 2.51 bits per heavy atom. The molecule has 1 aromatic heterocycles. The van der Waals surface area contributed by atoms with E-state index in [2.05, 4.69) is 20.0 Å². The van der Waals surface area contributed by atoms with Crippen LogP contribution >= 0.6 is 11.6 Å². The predicted octanol–water partition coefficient (Wildman–Crippen LogP) is 5.19. The van der Waals surface area contributed by atoms with Gasteiger partial charge in [-0.05, 0) is 73.5 Å². The Morgan fingerprint density at radius 2 is 1.77 bits per heavy atom. The van der Waals surface area contributed by atoms with Crippen molar-refractivity contribution in [1.82, 2.24) is 9.97 Å². The van der Waals surface area contributed by atoms with Crippen molar-refractivity contribution in [2.45, 2.75) is 24.7 Å². The van der Waals surface area contributed by atoms with Crippen LogP contribution in [0, 0.1) is 6.92 Å². The van der Waals surface area contributed by atoms with Gasteiger partial charge < -0.3 is 10.1 Å². The van der Waals surface area contributed by atoms with Gasteiger partial charge in [-0.2, -0.15) is 0 Å². The molecule has 10 heteroatoms. The fraction of sp³-hybridized carbons (Fsp3) is 0.160. The number of fused-ring (bicyclic) bond motifs is 1. The molecular formula is C25H23ClN4O4S. The molecule has 4 aromatic rings. The van der Waals surface area contributed by atoms with Crippen LogP contribution in [0.25, 0.3) is 11.0 Å². The van der Waals surface area contributed by atoms with Crippen LogP contribution in [0.3, 0.4) is 0 Å². The number of aryl methyl sites for hydroxylation is 1. The minimum Gasteiger partial charge on any atom is -0.493 e. The average Bonchev–Trinajstić information content (AvgIpc) is 2.83. The van der Waals surface area contributed by atoms with Gasteiger partial charge in [0.25, 0.3) is 10.0 Å². The Kier molecular flexibility index (Phi) is 7.48. The van der Waals surface area contributed by atoms with Crippen molar-refractivity contribution < 1.29 is 17.9 Å². The number of hydrogen-bond acceptors (Lipinski definition) is 6. The average molecular weight is 511 g/mol. The second-order valence-corrected chi connectivity index (χ2v) is 9.90. The van der Waals surface area contributed by atoms with Gasteiger partial charge in [0.15, 0.2) is 5.82 Å². The molecule has 4 rings (SSSR count). The summed E-state index contributed by atoms with van der Waals surface area (Å²) >= 11 is 5.94. The number of hydrogen-bond donors (Lipinski definition) is 2. The van der Waals surface area contributed by atoms with Crippen LogP contribution < -0.4 is 14.8 Å². The molecule has 0 spiro atoms. The van der Waals surface area contributed by atoms with Crippen molar-refractivity contribution in [3.8, 4) is 5.75 Å². The number of halogens is 1. The molecule has 0 aliphatic heterocycles. The first kappa shape index (κ1) is 24.4. The number of ether oxygens (including phenoxy) is 1. The van der Waals surface area contributed by atoms with E-state index in [4.69, 9.17) is 16.3 Å². The van der Waals surface area contributed by atoms with Crippen LogP contribution in [-0.4, -0.2) is 30.9 Å². The van der Waals surface area contributed by atoms with Crippen molar-refractivity contribution in [2.24, 2.45) is 0 Å². The maximum atomic E-state index is 12.7. The number of amides is 1. The lowest BCUT2D eigenvalue weighted by Crippen LogP contribution is -2.15. The lowest BCUT2D eigenvalue weighted by Gasteiger charge is -2.10. The van der Waals surface area contributed by atoms with Gasteiger partial charge in [0.05, 0.1) is 28.7 Å². The van der Waals surface area contributed by atoms with Crippen molar-refractivity contribution in [3.63, 3.8) is 0 Å². The summed E-state index contributed by atoms with van der Waals surface area (Å²) in [6.07, 6.45) is 2.15. The molecule has 0 aliphatic rings. The fourth-order valence-corrected chi connectivity index (χ4v) is 4.55. The largest absolute Gasteiger partial charge is 0.493 e. The molecule has 0 saturated heterocycles. The molecule has 35 heavy (non-hydrogen) atoms. The van der Waals surface area contributed by atoms with E-state index in [-0.39, 0.29) is 23.0 Å². The molecule has 0 fully saturated rings. The molecule has 3 aromatic carbocycles. The van der Waals surface area contributed by atoms with E-state index >= 15 is 0 Å². The number of aromatic nitrogens is 2. The summed E-state index contributed by atoms with van der Waals surface area (Å²) in [5, 5.41) is 3.40. The number of sulfonamides is 1. The van der Waals surface area contributed by atoms with Gasteiger partial charge >= 0.3 is 0 Å². The van der Waals surface area contributed by atoms with Crippen LogP contribution in [-0.2, 0) is 14.8 Å². The zero-order chi connectivity index (χ0) is 24.8. The second kappa shape index (κ2) is 10.7. The molecule has 1 amide bonds. The number of anilines is 2. The van der Waals surface area contributed by atoms with Crippen molar-refractivity contribution >= 4 is 50.1 Å². The normalized spacial score (nSPS) is 11.3. The lowest BCUT2D eigenvalue weighted by molar-refractivity contribution is -0.116. The summed E-state index contributed by atoms with van der Waals surface area (Å²) in [5.74, 6) is 0.661. The van der Waals surface area contributed by atoms with Gasteiger partial charge in [0.2, 0.25) is 5.91 Å². The van der Waals surface area contributed by atoms with Crippen molar-refractivity contribution in [1.29, 1.82) is 0 Å². The molecule has 0 atom stereocenters. The first-order chi connectivity index (χ1) is 16.8. The lowest BCUT2D eigenvalue weighted by atomic mass is 10.2. The topological polar surface area (TPSA) is 110 Å². The van der Waals surface area contributed by atoms with Gasteiger partial charge in [-0.15, -0.1) is 0 Å². The van der Waals surface area contributed by atoms with E-state index in [9.17, 15) is 13.2 Å². The molecule has 0 saturated carbocycles. The molecule has 0 radical (unpaired) electrons. The van der Waals surface area contributed by atoms with Crippen molar-refractivity contribution in [3.05, 3.63) is 83.5 Å². The van der Waals surface area contributed by atoms with Crippen LogP contribution in [0.2, 0.25) is 5.02 Å². The summed E-state index contributed by atoms with van der Waals surface area (Å²) < 4.78 is 33.6. The first-order valence-corrected chi connectivity index (χ1v) is 12.7. The van der Waals surface area contributed by atoms with E-state index < -0.39 is 10.0 Å². The smallest absolute Gasteiger partial charge is 0.263 e. The minimum atomic E-state index is -3.87. The van der Waals surface area contributed by atoms with E-state index in [1.165, 1.54) is 30.5 Å². The van der Waals surface area contributed by atoms with Crippen molar-refractivity contribution in [2.75, 3.05) is 16.6 Å². The molecule has 8 nitrogen and oxygen atoms in total. The quantitative estimate of drug-likeness (QED) is 0.300. The van der Waals surface area contributed by atoms with Gasteiger partial charge in [-0.25, -0.2) is 13.4 Å². The van der Waals surface area contributed by atoms with E-state index in [0.717, 1.165) is 11.3 Å². The third-order valence-electron chi connectivity index (χ3n) is 5.08. The molecule has 2 N–H and O–H groups in total. The van der Waals surface area contributed by atoms with Crippen LogP contribution in [0.1, 0.15) is 18.4 Å². The van der Waals surface area contributed by atoms with Crippen LogP contribution in [0.15, 0.2) is 77.8 Å². The number of para-hydroxylation sites is 2. The van der Waals surface area contributed by atoms with Gasteiger partial charge in [-0.1, -0.05) is 23.7 Å². The summed E-state index contributed by atoms with van der Waals surface area (Å²) in [5.41, 5.74) is 2.68. The third kappa shape index (κ3) is 6.46. The van der Waals surface area contributed by atoms with E-state index in [1.807, 2.05) is 19.1 Å². The monoisotopic (exact) mass is 510 g/mol. The SMILES string of the molecule is Cc1cc(Cl)ccc1OCCCC(=O)Nc1ccc(S(=O)(=O)Nc2cnc3ccccc3n2)cc1. The number of nitrogens with one attached hydrogen (secondary N) is 2. The van der Waals surface area contributed by atoms with E-state index in [1.54, 1.807) is 30.3 Å². The highest BCUT2D eigenvalue weighted by Gasteiger charge is 2.16. The minimum absolute atomic E-state index is 0.0391. The molecular weight excluding hydrogens is 488 g/mol. The van der Waals surface area contributed by atoms with Gasteiger partial charge in [0.1, 0.15) is 5.75 Å². The molecule has 0 unspecified atom stereocenters. The van der Waals surface area contributed by atoms with Gasteiger partial charge in [0, 0.05) is 17.1 Å². The van der Waals surface area contributed by atoms with Gasteiger partial charge in [-0.3, -0.25) is 14.5 Å². The number of carbonyl (C=O) groups excluding carboxylic acids is 1. The Labute approximate surface area is 208 Å². The summed E-state index contributed by atoms with van der Waals surface area (Å²) in [6, 6.07) is 18.4. The Balaban J connectivity index is 1.29. The maximum Gasteiger partial charge on any atom is 0.263 e. The molecule has 1 heterocycles. The number of benzene rings is 3. The zero-order valence-electron chi connectivity index (χ0n) is 18.9.